The van der Waals surface area contributed by atoms with E-state index in [1.165, 1.54) is 15.6 Å². The predicted molar refractivity (Wildman–Crippen MR) is 68.6 cm³/mol. The Bertz CT molecular complexity index is 442. The van der Waals surface area contributed by atoms with Crippen LogP contribution in [-0.2, 0) is 16.4 Å². The van der Waals surface area contributed by atoms with Gasteiger partial charge in [0.2, 0.25) is 0 Å². The van der Waals surface area contributed by atoms with Gasteiger partial charge in [-0.2, -0.15) is 4.31 Å². The zero-order valence-corrected chi connectivity index (χ0v) is 11.4. The fourth-order valence-corrected chi connectivity index (χ4v) is 4.43. The summed E-state index contributed by atoms with van der Waals surface area (Å²) in [5.41, 5.74) is 5.43. The predicted octanol–water partition coefficient (Wildman–Crippen LogP) is 0.252. The molecule has 0 saturated heterocycles. The SMILES string of the molecule is CCN(CCO)S(=O)(=O)c1ccc(CCN)s1. The Morgan fingerprint density at radius 3 is 2.71 bits per heavy atom. The Balaban J connectivity index is 2.94. The molecule has 0 bridgehead atoms. The number of aliphatic hydroxyl groups is 1. The van der Waals surface area contributed by atoms with Crippen molar-refractivity contribution >= 4 is 21.4 Å². The van der Waals surface area contributed by atoms with Gasteiger partial charge in [0, 0.05) is 18.0 Å². The molecular weight excluding hydrogens is 260 g/mol. The van der Waals surface area contributed by atoms with Crippen LogP contribution >= 0.6 is 11.3 Å². The lowest BCUT2D eigenvalue weighted by Crippen LogP contribution is -2.32. The number of hydrogen-bond donors (Lipinski definition) is 2. The van der Waals surface area contributed by atoms with Crippen molar-refractivity contribution in [1.29, 1.82) is 0 Å². The van der Waals surface area contributed by atoms with E-state index in [0.717, 1.165) is 4.88 Å². The van der Waals surface area contributed by atoms with Crippen LogP contribution in [0.5, 0.6) is 0 Å². The smallest absolute Gasteiger partial charge is 0.252 e. The van der Waals surface area contributed by atoms with Crippen molar-refractivity contribution in [2.45, 2.75) is 17.6 Å². The summed E-state index contributed by atoms with van der Waals surface area (Å²) in [5.74, 6) is 0. The fourth-order valence-electron chi connectivity index (χ4n) is 1.46. The molecule has 1 rings (SSSR count). The maximum absolute atomic E-state index is 12.2. The van der Waals surface area contributed by atoms with Crippen molar-refractivity contribution in [3.63, 3.8) is 0 Å². The quantitative estimate of drug-likeness (QED) is 0.749. The third kappa shape index (κ3) is 3.49. The third-order valence-electron chi connectivity index (χ3n) is 2.32. The molecule has 3 N–H and O–H groups in total. The lowest BCUT2D eigenvalue weighted by Gasteiger charge is -2.17. The average molecular weight is 278 g/mol. The second-order valence-electron chi connectivity index (χ2n) is 3.48. The van der Waals surface area contributed by atoms with Crippen molar-refractivity contribution in [2.75, 3.05) is 26.2 Å². The summed E-state index contributed by atoms with van der Waals surface area (Å²) in [7, 11) is -3.46. The lowest BCUT2D eigenvalue weighted by atomic mass is 10.3. The number of likely N-dealkylation sites (N-methyl/N-ethyl adjacent to an activating group) is 1. The Morgan fingerprint density at radius 1 is 1.47 bits per heavy atom. The van der Waals surface area contributed by atoms with Crippen molar-refractivity contribution in [1.82, 2.24) is 4.31 Å². The van der Waals surface area contributed by atoms with Gasteiger partial charge in [-0.15, -0.1) is 11.3 Å². The van der Waals surface area contributed by atoms with Crippen LogP contribution < -0.4 is 5.73 Å². The Kier molecular flexibility index (Phi) is 5.54. The molecule has 0 aliphatic heterocycles. The van der Waals surface area contributed by atoms with E-state index < -0.39 is 10.0 Å². The normalized spacial score (nSPS) is 12.2. The van der Waals surface area contributed by atoms with E-state index in [1.807, 2.05) is 0 Å². The molecule has 0 fully saturated rings. The van der Waals surface area contributed by atoms with E-state index in [9.17, 15) is 8.42 Å². The maximum Gasteiger partial charge on any atom is 0.252 e. The van der Waals surface area contributed by atoms with Gasteiger partial charge >= 0.3 is 0 Å². The molecule has 0 aliphatic carbocycles. The van der Waals surface area contributed by atoms with Crippen LogP contribution in [0.2, 0.25) is 0 Å². The van der Waals surface area contributed by atoms with E-state index in [1.54, 1.807) is 19.1 Å². The lowest BCUT2D eigenvalue weighted by molar-refractivity contribution is 0.257. The molecule has 0 atom stereocenters. The molecule has 0 amide bonds. The number of rotatable bonds is 7. The average Bonchev–Trinajstić information content (AvgIpc) is 2.75. The van der Waals surface area contributed by atoms with Crippen molar-refractivity contribution in [3.05, 3.63) is 17.0 Å². The minimum Gasteiger partial charge on any atom is -0.395 e. The highest BCUT2D eigenvalue weighted by Gasteiger charge is 2.24. The third-order valence-corrected chi connectivity index (χ3v) is 5.91. The van der Waals surface area contributed by atoms with E-state index in [2.05, 4.69) is 0 Å². The minimum absolute atomic E-state index is 0.128. The molecule has 17 heavy (non-hydrogen) atoms. The second kappa shape index (κ2) is 6.46. The largest absolute Gasteiger partial charge is 0.395 e. The zero-order valence-electron chi connectivity index (χ0n) is 9.80. The molecule has 1 heterocycles. The summed E-state index contributed by atoms with van der Waals surface area (Å²) >= 11 is 1.24. The second-order valence-corrected chi connectivity index (χ2v) is 6.81. The number of nitrogens with zero attached hydrogens (tertiary/aromatic N) is 1. The van der Waals surface area contributed by atoms with Gasteiger partial charge in [-0.3, -0.25) is 0 Å². The molecule has 0 spiro atoms. The molecule has 1 aromatic heterocycles. The fraction of sp³-hybridized carbons (Fsp3) is 0.600. The van der Waals surface area contributed by atoms with E-state index >= 15 is 0 Å². The van der Waals surface area contributed by atoms with Crippen molar-refractivity contribution in [3.8, 4) is 0 Å². The van der Waals surface area contributed by atoms with Gasteiger partial charge in [0.25, 0.3) is 10.0 Å². The van der Waals surface area contributed by atoms with Crippen LogP contribution in [0, 0.1) is 0 Å². The molecule has 5 nitrogen and oxygen atoms in total. The highest BCUT2D eigenvalue weighted by atomic mass is 32.2. The molecule has 7 heteroatoms. The monoisotopic (exact) mass is 278 g/mol. The van der Waals surface area contributed by atoms with Gasteiger partial charge in [-0.25, -0.2) is 8.42 Å². The summed E-state index contributed by atoms with van der Waals surface area (Å²) in [6.45, 7) is 2.57. The molecule has 0 saturated carbocycles. The molecular formula is C10H18N2O3S2. The summed E-state index contributed by atoms with van der Waals surface area (Å²) < 4.78 is 25.9. The van der Waals surface area contributed by atoms with Crippen LogP contribution in [-0.4, -0.2) is 44.1 Å². The summed E-state index contributed by atoms with van der Waals surface area (Å²) in [6.07, 6.45) is 0.687. The topological polar surface area (TPSA) is 83.6 Å². The first-order chi connectivity index (χ1) is 8.06. The maximum atomic E-state index is 12.2. The van der Waals surface area contributed by atoms with Gasteiger partial charge in [0.15, 0.2) is 0 Å². The van der Waals surface area contributed by atoms with E-state index in [-0.39, 0.29) is 13.2 Å². The first kappa shape index (κ1) is 14.6. The van der Waals surface area contributed by atoms with Crippen molar-refractivity contribution in [2.24, 2.45) is 5.73 Å². The Morgan fingerprint density at radius 2 is 2.18 bits per heavy atom. The van der Waals surface area contributed by atoms with Gasteiger partial charge in [-0.1, -0.05) is 6.92 Å². The van der Waals surface area contributed by atoms with Crippen LogP contribution in [0.15, 0.2) is 16.3 Å². The highest BCUT2D eigenvalue weighted by Crippen LogP contribution is 2.24. The standard InChI is InChI=1S/C10H18N2O3S2/c1-2-12(7-8-13)17(14,15)10-4-3-9(16-10)5-6-11/h3-4,13H,2,5-8,11H2,1H3. The van der Waals surface area contributed by atoms with E-state index in [0.29, 0.717) is 23.7 Å². The van der Waals surface area contributed by atoms with Crippen LogP contribution in [0.4, 0.5) is 0 Å². The molecule has 0 radical (unpaired) electrons. The van der Waals surface area contributed by atoms with Gasteiger partial charge < -0.3 is 10.8 Å². The number of sulfonamides is 1. The van der Waals surface area contributed by atoms with Crippen LogP contribution in [0.1, 0.15) is 11.8 Å². The van der Waals surface area contributed by atoms with Gasteiger partial charge in [-0.05, 0) is 25.1 Å². The minimum atomic E-state index is -3.46. The Hall–Kier alpha value is -0.470. The molecule has 0 unspecified atom stereocenters. The number of aliphatic hydroxyl groups excluding tert-OH is 1. The van der Waals surface area contributed by atoms with Crippen LogP contribution in [0.3, 0.4) is 0 Å². The van der Waals surface area contributed by atoms with Crippen LogP contribution in [0.25, 0.3) is 0 Å². The molecule has 98 valence electrons. The van der Waals surface area contributed by atoms with Gasteiger partial charge in [0.1, 0.15) is 4.21 Å². The molecule has 1 aromatic rings. The number of nitrogens with two attached hydrogens (primary N) is 1. The first-order valence-corrected chi connectivity index (χ1v) is 7.71. The number of thiophene rings is 1. The van der Waals surface area contributed by atoms with Gasteiger partial charge in [0.05, 0.1) is 6.61 Å². The zero-order chi connectivity index (χ0) is 12.9. The van der Waals surface area contributed by atoms with E-state index in [4.69, 9.17) is 10.8 Å². The summed E-state index contributed by atoms with van der Waals surface area (Å²) in [4.78, 5) is 0.964. The van der Waals surface area contributed by atoms with Crippen molar-refractivity contribution < 1.29 is 13.5 Å². The molecule has 0 aromatic carbocycles. The summed E-state index contributed by atoms with van der Waals surface area (Å²) in [5, 5.41) is 8.85. The summed E-state index contributed by atoms with van der Waals surface area (Å²) in [6, 6.07) is 3.39. The highest BCUT2D eigenvalue weighted by molar-refractivity contribution is 7.91. The Labute approximate surface area is 106 Å². The number of hydrogen-bond acceptors (Lipinski definition) is 5. The molecule has 0 aliphatic rings. The first-order valence-electron chi connectivity index (χ1n) is 5.46.